The zero-order valence-electron chi connectivity index (χ0n) is 6.87. The van der Waals surface area contributed by atoms with E-state index in [-0.39, 0.29) is 5.75 Å². The van der Waals surface area contributed by atoms with Gasteiger partial charge in [-0.15, -0.1) is 0 Å². The summed E-state index contributed by atoms with van der Waals surface area (Å²) >= 11 is 0. The Labute approximate surface area is 67.5 Å². The molecule has 0 aliphatic carbocycles. The van der Waals surface area contributed by atoms with Gasteiger partial charge in [0.25, 0.3) is 10.1 Å². The third-order valence-electron chi connectivity index (χ3n) is 1.39. The molecular formula is C6H15NO3S. The Hall–Kier alpha value is -0.130. The molecule has 0 fully saturated rings. The summed E-state index contributed by atoms with van der Waals surface area (Å²) in [6.45, 7) is 3.95. The van der Waals surface area contributed by atoms with Crippen molar-refractivity contribution in [1.82, 2.24) is 0 Å². The molecule has 0 amide bonds. The molecule has 4 nitrogen and oxygen atoms in total. The molecule has 5 heteroatoms. The van der Waals surface area contributed by atoms with Gasteiger partial charge in [-0.2, -0.15) is 8.42 Å². The molecule has 68 valence electrons. The fraction of sp³-hybridized carbons (Fsp3) is 1.00. The first kappa shape index (κ1) is 10.9. The van der Waals surface area contributed by atoms with Crippen LogP contribution in [0.3, 0.4) is 0 Å². The Morgan fingerprint density at radius 1 is 1.45 bits per heavy atom. The van der Waals surface area contributed by atoms with Crippen molar-refractivity contribution in [2.45, 2.75) is 20.3 Å². The highest BCUT2D eigenvalue weighted by atomic mass is 32.2. The summed E-state index contributed by atoms with van der Waals surface area (Å²) in [5, 5.41) is 0. The van der Waals surface area contributed by atoms with E-state index in [9.17, 15) is 8.42 Å². The van der Waals surface area contributed by atoms with Crippen LogP contribution >= 0.6 is 0 Å². The van der Waals surface area contributed by atoms with Crippen molar-refractivity contribution in [3.8, 4) is 0 Å². The van der Waals surface area contributed by atoms with Gasteiger partial charge in [-0.3, -0.25) is 4.55 Å². The van der Waals surface area contributed by atoms with Crippen LogP contribution < -0.4 is 5.73 Å². The molecule has 0 aromatic carbocycles. The molecule has 0 rings (SSSR count). The van der Waals surface area contributed by atoms with Crippen LogP contribution in [0.5, 0.6) is 0 Å². The minimum Gasteiger partial charge on any atom is -0.330 e. The summed E-state index contributed by atoms with van der Waals surface area (Å²) in [4.78, 5) is 0. The molecular weight excluding hydrogens is 166 g/mol. The third kappa shape index (κ3) is 6.28. The van der Waals surface area contributed by atoms with Crippen molar-refractivity contribution in [3.63, 3.8) is 0 Å². The van der Waals surface area contributed by atoms with E-state index in [0.717, 1.165) is 0 Å². The third-order valence-corrected chi connectivity index (χ3v) is 2.54. The van der Waals surface area contributed by atoms with Gasteiger partial charge in [0.05, 0.1) is 5.75 Å². The molecule has 0 aliphatic rings. The van der Waals surface area contributed by atoms with Crippen LogP contribution in [0.1, 0.15) is 20.3 Å². The maximum absolute atomic E-state index is 10.4. The van der Waals surface area contributed by atoms with Crippen LogP contribution in [0, 0.1) is 5.41 Å². The minimum absolute atomic E-state index is 0.225. The summed E-state index contributed by atoms with van der Waals surface area (Å²) in [6.07, 6.45) is 0.590. The summed E-state index contributed by atoms with van der Waals surface area (Å²) in [7, 11) is -3.86. The average Bonchev–Trinajstić information content (AvgIpc) is 1.55. The van der Waals surface area contributed by atoms with Crippen molar-refractivity contribution in [1.29, 1.82) is 0 Å². The van der Waals surface area contributed by atoms with E-state index >= 15 is 0 Å². The van der Waals surface area contributed by atoms with Crippen molar-refractivity contribution in [2.24, 2.45) is 11.1 Å². The highest BCUT2D eigenvalue weighted by Gasteiger charge is 2.23. The zero-order valence-corrected chi connectivity index (χ0v) is 7.69. The van der Waals surface area contributed by atoms with E-state index in [1.54, 1.807) is 13.8 Å². The maximum atomic E-state index is 10.4. The van der Waals surface area contributed by atoms with Crippen LogP contribution in [-0.2, 0) is 10.1 Å². The zero-order chi connectivity index (χ0) is 9.12. The molecule has 0 aromatic heterocycles. The number of rotatable bonds is 4. The van der Waals surface area contributed by atoms with Gasteiger partial charge in [0, 0.05) is 0 Å². The number of nitrogens with two attached hydrogens (primary N) is 1. The first-order valence-corrected chi connectivity index (χ1v) is 5.03. The van der Waals surface area contributed by atoms with E-state index < -0.39 is 15.5 Å². The molecule has 0 aromatic rings. The SMILES string of the molecule is CC(C)(CCN)CS(=O)(=O)O. The van der Waals surface area contributed by atoms with E-state index in [1.807, 2.05) is 0 Å². The van der Waals surface area contributed by atoms with Gasteiger partial charge in [0.2, 0.25) is 0 Å². The lowest BCUT2D eigenvalue weighted by Gasteiger charge is -2.21. The average molecular weight is 181 g/mol. The molecule has 0 unspecified atom stereocenters. The largest absolute Gasteiger partial charge is 0.330 e. The second kappa shape index (κ2) is 3.51. The first-order chi connectivity index (χ1) is 4.77. The van der Waals surface area contributed by atoms with Crippen molar-refractivity contribution in [2.75, 3.05) is 12.3 Å². The Bertz CT molecular complexity index is 208. The fourth-order valence-corrected chi connectivity index (χ4v) is 2.09. The van der Waals surface area contributed by atoms with Gasteiger partial charge in [-0.25, -0.2) is 0 Å². The smallest absolute Gasteiger partial charge is 0.265 e. The second-order valence-electron chi connectivity index (χ2n) is 3.43. The Morgan fingerprint density at radius 3 is 2.18 bits per heavy atom. The van der Waals surface area contributed by atoms with E-state index in [0.29, 0.717) is 13.0 Å². The molecule has 0 bridgehead atoms. The Morgan fingerprint density at radius 2 is 1.91 bits per heavy atom. The molecule has 0 spiro atoms. The van der Waals surface area contributed by atoms with Crippen LogP contribution in [0.2, 0.25) is 0 Å². The van der Waals surface area contributed by atoms with Crippen LogP contribution in [0.25, 0.3) is 0 Å². The van der Waals surface area contributed by atoms with Crippen molar-refractivity contribution in [3.05, 3.63) is 0 Å². The standard InChI is InChI=1S/C6H15NO3S/c1-6(2,3-4-7)5-11(8,9)10/h3-5,7H2,1-2H3,(H,8,9,10). The Balaban J connectivity index is 4.13. The topological polar surface area (TPSA) is 80.4 Å². The van der Waals surface area contributed by atoms with Crippen LogP contribution in [0.4, 0.5) is 0 Å². The first-order valence-electron chi connectivity index (χ1n) is 3.42. The normalized spacial score (nSPS) is 13.5. The quantitative estimate of drug-likeness (QED) is 0.609. The van der Waals surface area contributed by atoms with Gasteiger partial charge in [-0.05, 0) is 18.4 Å². The lowest BCUT2D eigenvalue weighted by Crippen LogP contribution is -2.26. The predicted molar refractivity (Wildman–Crippen MR) is 43.9 cm³/mol. The number of hydrogen-bond donors (Lipinski definition) is 2. The summed E-state index contributed by atoms with van der Waals surface area (Å²) in [6, 6.07) is 0. The molecule has 3 N–H and O–H groups in total. The molecule has 0 aliphatic heterocycles. The summed E-state index contributed by atoms with van der Waals surface area (Å²) in [5.74, 6) is -0.225. The van der Waals surface area contributed by atoms with Gasteiger partial charge in [-0.1, -0.05) is 13.8 Å². The lowest BCUT2D eigenvalue weighted by atomic mass is 9.92. The predicted octanol–water partition coefficient (Wildman–Crippen LogP) is 0.249. The van der Waals surface area contributed by atoms with Gasteiger partial charge in [0.15, 0.2) is 0 Å². The van der Waals surface area contributed by atoms with Crippen LogP contribution in [-0.4, -0.2) is 25.3 Å². The highest BCUT2D eigenvalue weighted by Crippen LogP contribution is 2.20. The van der Waals surface area contributed by atoms with Crippen molar-refractivity contribution < 1.29 is 13.0 Å². The molecule has 0 saturated carbocycles. The number of hydrogen-bond acceptors (Lipinski definition) is 3. The second-order valence-corrected chi connectivity index (χ2v) is 4.88. The highest BCUT2D eigenvalue weighted by molar-refractivity contribution is 7.85. The van der Waals surface area contributed by atoms with Gasteiger partial charge in [0.1, 0.15) is 0 Å². The maximum Gasteiger partial charge on any atom is 0.265 e. The van der Waals surface area contributed by atoms with E-state index in [1.165, 1.54) is 0 Å². The molecule has 0 saturated heterocycles. The fourth-order valence-electron chi connectivity index (χ4n) is 0.957. The van der Waals surface area contributed by atoms with Gasteiger partial charge < -0.3 is 5.73 Å². The molecule has 0 atom stereocenters. The lowest BCUT2D eigenvalue weighted by molar-refractivity contribution is 0.367. The minimum atomic E-state index is -3.86. The molecule has 0 heterocycles. The van der Waals surface area contributed by atoms with E-state index in [4.69, 9.17) is 10.3 Å². The molecule has 11 heavy (non-hydrogen) atoms. The monoisotopic (exact) mass is 181 g/mol. The Kier molecular flexibility index (Phi) is 3.47. The summed E-state index contributed by atoms with van der Waals surface area (Å²) in [5.41, 5.74) is 4.83. The van der Waals surface area contributed by atoms with Crippen molar-refractivity contribution >= 4 is 10.1 Å². The van der Waals surface area contributed by atoms with Crippen LogP contribution in [0.15, 0.2) is 0 Å². The molecule has 0 radical (unpaired) electrons. The van der Waals surface area contributed by atoms with Gasteiger partial charge >= 0.3 is 0 Å². The summed E-state index contributed by atoms with van der Waals surface area (Å²) < 4.78 is 29.4. The van der Waals surface area contributed by atoms with E-state index in [2.05, 4.69) is 0 Å².